The van der Waals surface area contributed by atoms with E-state index in [9.17, 15) is 5.26 Å². The van der Waals surface area contributed by atoms with Crippen LogP contribution in [0, 0.1) is 23.0 Å². The molecule has 0 aliphatic rings. The van der Waals surface area contributed by atoms with Crippen LogP contribution in [0.3, 0.4) is 0 Å². The Morgan fingerprint density at radius 3 is 0.778 bits per heavy atom. The zero-order valence-electron chi connectivity index (χ0n) is 48.2. The molecule has 16 aromatic rings. The van der Waals surface area contributed by atoms with Gasteiger partial charge in [-0.3, -0.25) is 0 Å². The van der Waals surface area contributed by atoms with Crippen molar-refractivity contribution < 1.29 is 8.78 Å². The second kappa shape index (κ2) is 22.2. The number of fused-ring (bicyclic) bond motifs is 6. The summed E-state index contributed by atoms with van der Waals surface area (Å²) < 4.78 is 39.6. The van der Waals surface area contributed by atoms with Crippen LogP contribution in [0.2, 0.25) is 0 Å². The van der Waals surface area contributed by atoms with Gasteiger partial charge in [0.1, 0.15) is 11.6 Å². The van der Waals surface area contributed by atoms with E-state index in [1.807, 2.05) is 194 Å². The van der Waals surface area contributed by atoms with Crippen molar-refractivity contribution in [3.8, 4) is 119 Å². The minimum absolute atomic E-state index is 0.218. The summed E-state index contributed by atoms with van der Waals surface area (Å²) in [4.78, 5) is 20.8. The number of hydrogen-bond donors (Lipinski definition) is 0. The van der Waals surface area contributed by atoms with Gasteiger partial charge in [0, 0.05) is 71.6 Å². The first kappa shape index (κ1) is 53.2. The van der Waals surface area contributed by atoms with Crippen LogP contribution < -0.4 is 0 Å². The molecule has 0 atom stereocenters. The molecule has 0 aliphatic heterocycles. The van der Waals surface area contributed by atoms with Gasteiger partial charge in [0.25, 0.3) is 0 Å². The normalized spacial score (nSPS) is 11.4. The molecule has 10 aromatic carbocycles. The second-order valence-electron chi connectivity index (χ2n) is 22.3. The molecule has 0 bridgehead atoms. The first-order chi connectivity index (χ1) is 44.4. The molecule has 6 heterocycles. The molecule has 0 N–H and O–H groups in total. The SMILES string of the molecule is N#Cc1cc(-n2c3cc(-c4cccc(-c5ccccc5)n4)ccc3c3ccc(-c4cccc(-c5ccccc5)n4)cc32)c(-c2c(F)cccc2F)c(-n2c3cc(-c4cccc(-c5ccccc5)n4)ccc3c3ccc(-c4cccc(-c5ccccc5)n4)cc32)c1. The average Bonchev–Trinajstić information content (AvgIpc) is 1.53. The van der Waals surface area contributed by atoms with Gasteiger partial charge in [0.2, 0.25) is 0 Å². The fraction of sp³-hybridized carbons (Fsp3) is 0. The van der Waals surface area contributed by atoms with Crippen LogP contribution >= 0.6 is 0 Å². The maximum absolute atomic E-state index is 17.7. The van der Waals surface area contributed by atoms with Gasteiger partial charge < -0.3 is 9.13 Å². The van der Waals surface area contributed by atoms with Gasteiger partial charge in [-0.15, -0.1) is 0 Å². The van der Waals surface area contributed by atoms with Crippen LogP contribution in [-0.4, -0.2) is 29.1 Å². The summed E-state index contributed by atoms with van der Waals surface area (Å²) in [5.74, 6) is -1.56. The Hall–Kier alpha value is -12.3. The van der Waals surface area contributed by atoms with E-state index in [2.05, 4.69) is 88.0 Å². The molecule has 16 rings (SSSR count). The first-order valence-electron chi connectivity index (χ1n) is 29.7. The van der Waals surface area contributed by atoms with E-state index in [0.717, 1.165) is 134 Å². The zero-order valence-corrected chi connectivity index (χ0v) is 48.2. The quantitative estimate of drug-likeness (QED) is 0.129. The summed E-state index contributed by atoms with van der Waals surface area (Å²) in [6.07, 6.45) is 0. The highest BCUT2D eigenvalue weighted by molar-refractivity contribution is 6.14. The van der Waals surface area contributed by atoms with Gasteiger partial charge in [-0.05, 0) is 97.1 Å². The molecule has 0 saturated carbocycles. The van der Waals surface area contributed by atoms with Gasteiger partial charge in [0.05, 0.1) is 96.2 Å². The van der Waals surface area contributed by atoms with Crippen LogP contribution in [0.25, 0.3) is 156 Å². The van der Waals surface area contributed by atoms with Crippen molar-refractivity contribution in [3.63, 3.8) is 0 Å². The largest absolute Gasteiger partial charge is 0.308 e. The summed E-state index contributed by atoms with van der Waals surface area (Å²) in [5, 5.41) is 15.0. The molecular formula is C81H49F2N7. The van der Waals surface area contributed by atoms with Gasteiger partial charge in [0.15, 0.2) is 0 Å². The van der Waals surface area contributed by atoms with Crippen LogP contribution in [0.1, 0.15) is 5.56 Å². The van der Waals surface area contributed by atoms with Crippen molar-refractivity contribution in [2.75, 3.05) is 0 Å². The third kappa shape index (κ3) is 9.44. The number of rotatable bonds is 11. The third-order valence-electron chi connectivity index (χ3n) is 16.9. The Balaban J connectivity index is 1.01. The Morgan fingerprint density at radius 1 is 0.256 bits per heavy atom. The van der Waals surface area contributed by atoms with Crippen LogP contribution in [0.4, 0.5) is 8.78 Å². The lowest BCUT2D eigenvalue weighted by Crippen LogP contribution is -2.07. The van der Waals surface area contributed by atoms with E-state index in [1.54, 1.807) is 12.1 Å². The number of nitriles is 1. The van der Waals surface area contributed by atoms with Gasteiger partial charge in [-0.25, -0.2) is 28.7 Å². The molecular weight excluding hydrogens is 1110 g/mol. The number of nitrogens with zero attached hydrogens (tertiary/aromatic N) is 7. The summed E-state index contributed by atoms with van der Waals surface area (Å²) in [6, 6.07) is 99.2. The van der Waals surface area contributed by atoms with E-state index >= 15 is 8.78 Å². The number of pyridine rings is 4. The first-order valence-corrected chi connectivity index (χ1v) is 29.7. The summed E-state index contributed by atoms with van der Waals surface area (Å²) in [6.45, 7) is 0. The van der Waals surface area contributed by atoms with Crippen LogP contribution in [-0.2, 0) is 0 Å². The lowest BCUT2D eigenvalue weighted by Gasteiger charge is -2.22. The molecule has 90 heavy (non-hydrogen) atoms. The summed E-state index contributed by atoms with van der Waals surface area (Å²) in [7, 11) is 0. The summed E-state index contributed by atoms with van der Waals surface area (Å²) >= 11 is 0. The number of halogens is 2. The molecule has 9 heteroatoms. The maximum Gasteiger partial charge on any atom is 0.134 e. The standard InChI is InChI=1S/C81H49F2N7/c82-64-26-13-27-65(83)80(64)81-78(89-74-46-56(70-32-14-28-66(85-70)52-18-5-1-6-19-52)36-40-60(74)61-41-37-57(47-75(61)89)71-33-15-29-67(86-71)53-20-7-2-8-21-53)44-51(50-84)45-79(81)90-76-48-58(72-34-16-30-68(87-72)54-22-9-3-10-23-54)38-42-62(76)63-43-39-59(49-77(63)90)73-35-17-31-69(88-73)55-24-11-4-12-25-55/h1-49H. The molecule has 422 valence electrons. The Morgan fingerprint density at radius 2 is 0.511 bits per heavy atom. The van der Waals surface area contributed by atoms with E-state index in [0.29, 0.717) is 11.4 Å². The van der Waals surface area contributed by atoms with E-state index in [-0.39, 0.29) is 16.7 Å². The lowest BCUT2D eigenvalue weighted by atomic mass is 9.96. The number of benzene rings is 10. The molecule has 6 aromatic heterocycles. The molecule has 0 aliphatic carbocycles. The minimum atomic E-state index is -0.779. The fourth-order valence-corrected chi connectivity index (χ4v) is 12.7. The van der Waals surface area contributed by atoms with Crippen molar-refractivity contribution in [1.82, 2.24) is 29.1 Å². The van der Waals surface area contributed by atoms with Gasteiger partial charge in [-0.1, -0.05) is 200 Å². The third-order valence-corrected chi connectivity index (χ3v) is 16.9. The highest BCUT2D eigenvalue weighted by Crippen LogP contribution is 2.47. The molecule has 0 saturated heterocycles. The van der Waals surface area contributed by atoms with E-state index in [4.69, 9.17) is 19.9 Å². The molecule has 0 fully saturated rings. The van der Waals surface area contributed by atoms with Crippen LogP contribution in [0.5, 0.6) is 0 Å². The Kier molecular flexibility index (Phi) is 13.2. The van der Waals surface area contributed by atoms with Crippen LogP contribution in [0.15, 0.2) is 297 Å². The van der Waals surface area contributed by atoms with E-state index in [1.165, 1.54) is 18.2 Å². The van der Waals surface area contributed by atoms with Crippen molar-refractivity contribution >= 4 is 43.6 Å². The highest BCUT2D eigenvalue weighted by Gasteiger charge is 2.28. The highest BCUT2D eigenvalue weighted by atomic mass is 19.1. The zero-order chi connectivity index (χ0) is 60.2. The van der Waals surface area contributed by atoms with Crippen molar-refractivity contribution in [3.05, 3.63) is 314 Å². The molecule has 0 unspecified atom stereocenters. The van der Waals surface area contributed by atoms with Gasteiger partial charge in [-0.2, -0.15) is 5.26 Å². The lowest BCUT2D eigenvalue weighted by molar-refractivity contribution is 0.589. The molecule has 7 nitrogen and oxygen atoms in total. The smallest absolute Gasteiger partial charge is 0.134 e. The van der Waals surface area contributed by atoms with Gasteiger partial charge >= 0.3 is 0 Å². The fourth-order valence-electron chi connectivity index (χ4n) is 12.7. The van der Waals surface area contributed by atoms with E-state index < -0.39 is 11.6 Å². The topological polar surface area (TPSA) is 85.2 Å². The summed E-state index contributed by atoms with van der Waals surface area (Å²) in [5.41, 5.74) is 17.1. The predicted octanol–water partition coefficient (Wildman–Crippen LogP) is 20.6. The molecule has 0 spiro atoms. The monoisotopic (exact) mass is 1160 g/mol. The predicted molar refractivity (Wildman–Crippen MR) is 360 cm³/mol. The average molecular weight is 1160 g/mol. The van der Waals surface area contributed by atoms with Crippen molar-refractivity contribution in [1.29, 1.82) is 5.26 Å². The molecule has 0 radical (unpaired) electrons. The maximum atomic E-state index is 17.7. The second-order valence-corrected chi connectivity index (χ2v) is 22.3. The van der Waals surface area contributed by atoms with Crippen molar-refractivity contribution in [2.45, 2.75) is 0 Å². The Bertz CT molecular complexity index is 4910. The molecule has 0 amide bonds. The minimum Gasteiger partial charge on any atom is -0.308 e. The number of hydrogen-bond acceptors (Lipinski definition) is 5. The Labute approximate surface area is 517 Å². The van der Waals surface area contributed by atoms with Crippen molar-refractivity contribution in [2.24, 2.45) is 0 Å². The number of aromatic nitrogens is 6.